The Labute approximate surface area is 128 Å². The van der Waals surface area contributed by atoms with Gasteiger partial charge in [-0.1, -0.05) is 53.7 Å². The van der Waals surface area contributed by atoms with Gasteiger partial charge in [-0.05, 0) is 19.1 Å². The quantitative estimate of drug-likeness (QED) is 0.800. The van der Waals surface area contributed by atoms with Crippen LogP contribution in [0.3, 0.4) is 0 Å². The van der Waals surface area contributed by atoms with Crippen molar-refractivity contribution in [1.82, 2.24) is 5.16 Å². The maximum atomic E-state index is 12.3. The van der Waals surface area contributed by atoms with Crippen molar-refractivity contribution in [3.05, 3.63) is 66.2 Å². The molecule has 6 heteroatoms. The van der Waals surface area contributed by atoms with Gasteiger partial charge in [-0.3, -0.25) is 0 Å². The van der Waals surface area contributed by atoms with Gasteiger partial charge in [-0.25, -0.2) is 13.1 Å². The molecule has 0 aliphatic rings. The van der Waals surface area contributed by atoms with E-state index in [2.05, 4.69) is 9.88 Å². The number of benzene rings is 2. The van der Waals surface area contributed by atoms with Gasteiger partial charge in [0.2, 0.25) is 5.88 Å². The summed E-state index contributed by atoms with van der Waals surface area (Å²) < 4.78 is 32.2. The summed E-state index contributed by atoms with van der Waals surface area (Å²) in [5, 5.41) is 3.96. The van der Waals surface area contributed by atoms with E-state index in [-0.39, 0.29) is 10.8 Å². The third-order valence-electron chi connectivity index (χ3n) is 3.25. The van der Waals surface area contributed by atoms with Gasteiger partial charge in [-0.2, -0.15) is 0 Å². The fourth-order valence-corrected chi connectivity index (χ4v) is 3.14. The maximum absolute atomic E-state index is 12.3. The molecule has 1 aromatic heterocycles. The lowest BCUT2D eigenvalue weighted by molar-refractivity contribution is 0.438. The van der Waals surface area contributed by atoms with Crippen molar-refractivity contribution in [2.75, 3.05) is 4.72 Å². The Morgan fingerprint density at radius 1 is 0.955 bits per heavy atom. The van der Waals surface area contributed by atoms with Crippen LogP contribution in [0, 0.1) is 6.92 Å². The first-order valence-corrected chi connectivity index (χ1v) is 8.16. The van der Waals surface area contributed by atoms with Crippen LogP contribution in [0.4, 0.5) is 5.88 Å². The second-order valence-corrected chi connectivity index (χ2v) is 6.45. The number of nitrogens with one attached hydrogen (secondary N) is 1. The Balaban J connectivity index is 1.93. The van der Waals surface area contributed by atoms with Gasteiger partial charge in [0.05, 0.1) is 4.90 Å². The van der Waals surface area contributed by atoms with Gasteiger partial charge >= 0.3 is 0 Å². The Kier molecular flexibility index (Phi) is 3.68. The zero-order valence-corrected chi connectivity index (χ0v) is 12.7. The molecule has 0 amide bonds. The lowest BCUT2D eigenvalue weighted by Gasteiger charge is -2.05. The molecule has 0 radical (unpaired) electrons. The molecule has 0 spiro atoms. The average Bonchev–Trinajstić information content (AvgIpc) is 2.89. The summed E-state index contributed by atoms with van der Waals surface area (Å²) in [6.45, 7) is 1.77. The van der Waals surface area contributed by atoms with Crippen LogP contribution in [0.2, 0.25) is 0 Å². The molecule has 0 unspecified atom stereocenters. The van der Waals surface area contributed by atoms with Crippen LogP contribution in [0.15, 0.2) is 70.1 Å². The number of rotatable bonds is 4. The lowest BCUT2D eigenvalue weighted by atomic mass is 10.1. The predicted octanol–water partition coefficient (Wildman–Crippen LogP) is 3.45. The van der Waals surface area contributed by atoms with E-state index >= 15 is 0 Å². The molecule has 0 fully saturated rings. The van der Waals surface area contributed by atoms with Gasteiger partial charge in [0.1, 0.15) is 5.69 Å². The monoisotopic (exact) mass is 314 g/mol. The first kappa shape index (κ1) is 14.3. The summed E-state index contributed by atoms with van der Waals surface area (Å²) in [4.78, 5) is 0.173. The Morgan fingerprint density at radius 2 is 1.55 bits per heavy atom. The van der Waals surface area contributed by atoms with Gasteiger partial charge in [0.15, 0.2) is 0 Å². The number of sulfonamides is 1. The maximum Gasteiger partial charge on any atom is 0.264 e. The first-order chi connectivity index (χ1) is 10.6. The smallest absolute Gasteiger partial charge is 0.264 e. The Bertz CT molecular complexity index is 872. The van der Waals surface area contributed by atoms with E-state index in [1.165, 1.54) is 12.1 Å². The zero-order valence-electron chi connectivity index (χ0n) is 11.9. The standard InChI is InChI=1S/C16H14N2O3S/c1-12-15(13-8-4-2-5-9-13)17-21-16(12)18-22(19,20)14-10-6-3-7-11-14/h2-11,18H,1H3. The van der Waals surface area contributed by atoms with E-state index in [1.54, 1.807) is 25.1 Å². The summed E-state index contributed by atoms with van der Waals surface area (Å²) >= 11 is 0. The van der Waals surface area contributed by atoms with Gasteiger partial charge in [0.25, 0.3) is 10.0 Å². The predicted molar refractivity (Wildman–Crippen MR) is 83.9 cm³/mol. The molecular weight excluding hydrogens is 300 g/mol. The van der Waals surface area contributed by atoms with Crippen molar-refractivity contribution in [2.24, 2.45) is 0 Å². The number of hydrogen-bond donors (Lipinski definition) is 1. The first-order valence-electron chi connectivity index (χ1n) is 6.67. The van der Waals surface area contributed by atoms with E-state index in [0.29, 0.717) is 11.3 Å². The lowest BCUT2D eigenvalue weighted by Crippen LogP contribution is -2.12. The number of hydrogen-bond acceptors (Lipinski definition) is 4. The molecule has 0 bridgehead atoms. The van der Waals surface area contributed by atoms with E-state index in [1.807, 2.05) is 30.3 Å². The van der Waals surface area contributed by atoms with Gasteiger partial charge in [-0.15, -0.1) is 0 Å². The van der Waals surface area contributed by atoms with E-state index in [0.717, 1.165) is 5.56 Å². The fourth-order valence-electron chi connectivity index (χ4n) is 2.08. The third kappa shape index (κ3) is 2.73. The van der Waals surface area contributed by atoms with E-state index in [9.17, 15) is 8.42 Å². The van der Waals surface area contributed by atoms with Crippen LogP contribution >= 0.6 is 0 Å². The molecule has 1 N–H and O–H groups in total. The molecule has 112 valence electrons. The van der Waals surface area contributed by atoms with Crippen LogP contribution in [0.25, 0.3) is 11.3 Å². The Morgan fingerprint density at radius 3 is 2.18 bits per heavy atom. The van der Waals surface area contributed by atoms with Crippen LogP contribution in [0.1, 0.15) is 5.56 Å². The normalized spacial score (nSPS) is 11.3. The summed E-state index contributed by atoms with van der Waals surface area (Å²) in [6, 6.07) is 17.6. The minimum atomic E-state index is -3.69. The van der Waals surface area contributed by atoms with Crippen LogP contribution in [-0.2, 0) is 10.0 Å². The van der Waals surface area contributed by atoms with Crippen molar-refractivity contribution in [3.63, 3.8) is 0 Å². The molecule has 5 nitrogen and oxygen atoms in total. The highest BCUT2D eigenvalue weighted by Crippen LogP contribution is 2.29. The number of aromatic nitrogens is 1. The molecule has 0 atom stereocenters. The largest absolute Gasteiger partial charge is 0.337 e. The van der Waals surface area contributed by atoms with Crippen molar-refractivity contribution >= 4 is 15.9 Å². The minimum absolute atomic E-state index is 0.128. The molecule has 2 aromatic carbocycles. The average molecular weight is 314 g/mol. The van der Waals surface area contributed by atoms with Crippen molar-refractivity contribution < 1.29 is 12.9 Å². The highest BCUT2D eigenvalue weighted by molar-refractivity contribution is 7.92. The minimum Gasteiger partial charge on any atom is -0.337 e. The third-order valence-corrected chi connectivity index (χ3v) is 4.60. The number of anilines is 1. The molecule has 0 aliphatic heterocycles. The van der Waals surface area contributed by atoms with Crippen LogP contribution < -0.4 is 4.72 Å². The summed E-state index contributed by atoms with van der Waals surface area (Å²) in [5.74, 6) is 0.128. The Hall–Kier alpha value is -2.60. The molecule has 1 heterocycles. The molecule has 0 saturated heterocycles. The molecule has 3 rings (SSSR count). The molecule has 3 aromatic rings. The van der Waals surface area contributed by atoms with Crippen LogP contribution in [-0.4, -0.2) is 13.6 Å². The highest BCUT2D eigenvalue weighted by Gasteiger charge is 2.20. The second-order valence-electron chi connectivity index (χ2n) is 4.77. The zero-order chi connectivity index (χ0) is 15.6. The molecule has 0 saturated carbocycles. The highest BCUT2D eigenvalue weighted by atomic mass is 32.2. The van der Waals surface area contributed by atoms with Gasteiger partial charge in [0, 0.05) is 11.1 Å². The molecular formula is C16H14N2O3S. The van der Waals surface area contributed by atoms with Crippen LogP contribution in [0.5, 0.6) is 0 Å². The molecule has 22 heavy (non-hydrogen) atoms. The summed E-state index contributed by atoms with van der Waals surface area (Å²) in [5.41, 5.74) is 2.13. The topological polar surface area (TPSA) is 72.2 Å². The molecule has 0 aliphatic carbocycles. The van der Waals surface area contributed by atoms with E-state index in [4.69, 9.17) is 4.52 Å². The number of nitrogens with zero attached hydrogens (tertiary/aromatic N) is 1. The second kappa shape index (κ2) is 5.65. The van der Waals surface area contributed by atoms with E-state index < -0.39 is 10.0 Å². The fraction of sp³-hybridized carbons (Fsp3) is 0.0625. The SMILES string of the molecule is Cc1c(-c2ccccc2)noc1NS(=O)(=O)c1ccccc1. The summed E-state index contributed by atoms with van der Waals surface area (Å²) in [7, 11) is -3.69. The van der Waals surface area contributed by atoms with Crippen molar-refractivity contribution in [1.29, 1.82) is 0 Å². The summed E-state index contributed by atoms with van der Waals surface area (Å²) in [6.07, 6.45) is 0. The van der Waals surface area contributed by atoms with Gasteiger partial charge < -0.3 is 4.52 Å². The van der Waals surface area contributed by atoms with Crippen molar-refractivity contribution in [2.45, 2.75) is 11.8 Å². The van der Waals surface area contributed by atoms with Crippen molar-refractivity contribution in [3.8, 4) is 11.3 Å².